The van der Waals surface area contributed by atoms with Gasteiger partial charge >= 0.3 is 0 Å². The highest BCUT2D eigenvalue weighted by Gasteiger charge is 2.32. The van der Waals surface area contributed by atoms with Crippen LogP contribution in [-0.4, -0.2) is 48.0 Å². The summed E-state index contributed by atoms with van der Waals surface area (Å²) in [7, 11) is -3.59. The lowest BCUT2D eigenvalue weighted by molar-refractivity contribution is -0.119. The van der Waals surface area contributed by atoms with Gasteiger partial charge in [-0.15, -0.1) is 0 Å². The minimum atomic E-state index is -3.59. The van der Waals surface area contributed by atoms with Crippen molar-refractivity contribution in [2.24, 2.45) is 0 Å². The van der Waals surface area contributed by atoms with Crippen LogP contribution in [0.4, 0.5) is 5.69 Å². The Labute approximate surface area is 172 Å². The summed E-state index contributed by atoms with van der Waals surface area (Å²) in [6.45, 7) is 5.27. The van der Waals surface area contributed by atoms with Crippen molar-refractivity contribution in [1.82, 2.24) is 14.1 Å². The molecule has 0 spiro atoms. The molecule has 0 saturated carbocycles. The minimum Gasteiger partial charge on any atom is -0.311 e. The fourth-order valence-corrected chi connectivity index (χ4v) is 6.34. The van der Waals surface area contributed by atoms with Gasteiger partial charge in [-0.2, -0.15) is 9.40 Å². The van der Waals surface area contributed by atoms with E-state index in [0.29, 0.717) is 31.0 Å². The standard InChI is InChI=1S/C21H28N4O3S/c1-16-21(29(27,28)23-12-6-3-7-13-23)17(2)25(22-16)15-20(26)24-14-8-10-18-9-4-5-11-19(18)24/h4-5,9,11H,3,6-8,10,12-15H2,1-2H3. The van der Waals surface area contributed by atoms with Gasteiger partial charge in [0.2, 0.25) is 15.9 Å². The van der Waals surface area contributed by atoms with Gasteiger partial charge < -0.3 is 4.90 Å². The van der Waals surface area contributed by atoms with Gasteiger partial charge in [0.1, 0.15) is 11.4 Å². The largest absolute Gasteiger partial charge is 0.311 e. The number of aryl methyl sites for hydroxylation is 2. The van der Waals surface area contributed by atoms with Gasteiger partial charge in [0.25, 0.3) is 0 Å². The highest BCUT2D eigenvalue weighted by atomic mass is 32.2. The molecular formula is C21H28N4O3S. The number of anilines is 1. The molecule has 0 bridgehead atoms. The first-order valence-electron chi connectivity index (χ1n) is 10.3. The van der Waals surface area contributed by atoms with Crippen LogP contribution in [0.1, 0.15) is 42.6 Å². The SMILES string of the molecule is Cc1nn(CC(=O)N2CCCc3ccccc32)c(C)c1S(=O)(=O)N1CCCCC1. The van der Waals surface area contributed by atoms with Crippen LogP contribution in [0, 0.1) is 13.8 Å². The molecule has 2 aliphatic rings. The van der Waals surface area contributed by atoms with Crippen LogP contribution in [0.3, 0.4) is 0 Å². The second-order valence-electron chi connectivity index (χ2n) is 7.90. The summed E-state index contributed by atoms with van der Waals surface area (Å²) in [5, 5.41) is 4.43. The highest BCUT2D eigenvalue weighted by molar-refractivity contribution is 7.89. The zero-order chi connectivity index (χ0) is 20.6. The number of benzene rings is 1. The molecule has 1 amide bonds. The molecule has 1 fully saturated rings. The van der Waals surface area contributed by atoms with Crippen molar-refractivity contribution < 1.29 is 13.2 Å². The summed E-state index contributed by atoms with van der Waals surface area (Å²) >= 11 is 0. The van der Waals surface area contributed by atoms with Crippen molar-refractivity contribution in [1.29, 1.82) is 0 Å². The first kappa shape index (κ1) is 20.1. The third kappa shape index (κ3) is 3.71. The number of rotatable bonds is 4. The Morgan fingerprint density at radius 1 is 1.03 bits per heavy atom. The van der Waals surface area contributed by atoms with E-state index >= 15 is 0 Å². The molecule has 0 atom stereocenters. The molecule has 1 aromatic carbocycles. The number of nitrogens with zero attached hydrogens (tertiary/aromatic N) is 4. The maximum absolute atomic E-state index is 13.2. The topological polar surface area (TPSA) is 75.5 Å². The van der Waals surface area contributed by atoms with Crippen molar-refractivity contribution >= 4 is 21.6 Å². The summed E-state index contributed by atoms with van der Waals surface area (Å²) < 4.78 is 29.4. The van der Waals surface area contributed by atoms with E-state index in [9.17, 15) is 13.2 Å². The number of amides is 1. The monoisotopic (exact) mass is 416 g/mol. The molecule has 4 rings (SSSR count). The number of fused-ring (bicyclic) bond motifs is 1. The number of para-hydroxylation sites is 1. The number of carbonyl (C=O) groups is 1. The first-order valence-corrected chi connectivity index (χ1v) is 11.8. The molecule has 8 heteroatoms. The first-order chi connectivity index (χ1) is 13.9. The number of sulfonamides is 1. The molecule has 0 radical (unpaired) electrons. The van der Waals surface area contributed by atoms with Crippen LogP contribution in [0.15, 0.2) is 29.2 Å². The molecule has 2 aliphatic heterocycles. The maximum Gasteiger partial charge on any atom is 0.248 e. The predicted molar refractivity (Wildman–Crippen MR) is 111 cm³/mol. The number of aromatic nitrogens is 2. The lowest BCUT2D eigenvalue weighted by Crippen LogP contribution is -2.38. The van der Waals surface area contributed by atoms with Crippen LogP contribution in [0.25, 0.3) is 0 Å². The van der Waals surface area contributed by atoms with Crippen molar-refractivity contribution in [3.05, 3.63) is 41.2 Å². The van der Waals surface area contributed by atoms with Crippen molar-refractivity contribution in [3.63, 3.8) is 0 Å². The third-order valence-corrected chi connectivity index (χ3v) is 8.08. The van der Waals surface area contributed by atoms with E-state index in [1.54, 1.807) is 27.7 Å². The zero-order valence-corrected chi connectivity index (χ0v) is 17.9. The Kier molecular flexibility index (Phi) is 5.48. The van der Waals surface area contributed by atoms with E-state index in [1.165, 1.54) is 5.56 Å². The summed E-state index contributed by atoms with van der Waals surface area (Å²) in [6.07, 6.45) is 4.73. The Bertz CT molecular complexity index is 1020. The van der Waals surface area contributed by atoms with E-state index in [0.717, 1.165) is 37.8 Å². The highest BCUT2D eigenvalue weighted by Crippen LogP contribution is 2.28. The van der Waals surface area contributed by atoms with Crippen LogP contribution in [0.5, 0.6) is 0 Å². The number of hydrogen-bond donors (Lipinski definition) is 0. The van der Waals surface area contributed by atoms with E-state index in [-0.39, 0.29) is 17.3 Å². The number of carbonyl (C=O) groups excluding carboxylic acids is 1. The summed E-state index contributed by atoms with van der Waals surface area (Å²) in [4.78, 5) is 15.1. The summed E-state index contributed by atoms with van der Waals surface area (Å²) in [5.74, 6) is -0.0651. The Hall–Kier alpha value is -2.19. The van der Waals surface area contributed by atoms with Gasteiger partial charge in [0.15, 0.2) is 0 Å². The molecular weight excluding hydrogens is 388 g/mol. The van der Waals surface area contributed by atoms with Crippen molar-refractivity contribution in [3.8, 4) is 0 Å². The molecule has 0 N–H and O–H groups in total. The number of piperidine rings is 1. The average Bonchev–Trinajstić information content (AvgIpc) is 3.01. The average molecular weight is 417 g/mol. The molecule has 3 heterocycles. The Morgan fingerprint density at radius 2 is 1.76 bits per heavy atom. The fraction of sp³-hybridized carbons (Fsp3) is 0.524. The maximum atomic E-state index is 13.2. The normalized spacial score (nSPS) is 17.9. The quantitative estimate of drug-likeness (QED) is 0.768. The molecule has 1 aromatic heterocycles. The van der Waals surface area contributed by atoms with E-state index < -0.39 is 10.0 Å². The van der Waals surface area contributed by atoms with Gasteiger partial charge in [0, 0.05) is 25.3 Å². The molecule has 0 aliphatic carbocycles. The molecule has 29 heavy (non-hydrogen) atoms. The molecule has 2 aromatic rings. The second kappa shape index (κ2) is 7.91. The Morgan fingerprint density at radius 3 is 2.52 bits per heavy atom. The number of hydrogen-bond acceptors (Lipinski definition) is 4. The van der Waals surface area contributed by atoms with Crippen LogP contribution in [0.2, 0.25) is 0 Å². The van der Waals surface area contributed by atoms with Crippen LogP contribution >= 0.6 is 0 Å². The smallest absolute Gasteiger partial charge is 0.248 e. The second-order valence-corrected chi connectivity index (χ2v) is 9.77. The van der Waals surface area contributed by atoms with Crippen molar-refractivity contribution in [2.75, 3.05) is 24.5 Å². The van der Waals surface area contributed by atoms with Crippen molar-refractivity contribution in [2.45, 2.75) is 57.4 Å². The summed E-state index contributed by atoms with van der Waals surface area (Å²) in [6, 6.07) is 7.96. The van der Waals surface area contributed by atoms with Gasteiger partial charge in [0.05, 0.1) is 11.4 Å². The van der Waals surface area contributed by atoms with E-state index in [2.05, 4.69) is 11.2 Å². The fourth-order valence-electron chi connectivity index (χ4n) is 4.45. The molecule has 0 unspecified atom stereocenters. The van der Waals surface area contributed by atoms with Gasteiger partial charge in [-0.25, -0.2) is 8.42 Å². The molecule has 156 valence electrons. The molecule has 7 nitrogen and oxygen atoms in total. The van der Waals surface area contributed by atoms with Gasteiger partial charge in [-0.05, 0) is 51.2 Å². The predicted octanol–water partition coefficient (Wildman–Crippen LogP) is 2.65. The lowest BCUT2D eigenvalue weighted by Gasteiger charge is -2.29. The summed E-state index contributed by atoms with van der Waals surface area (Å²) in [5.41, 5.74) is 3.12. The third-order valence-electron chi connectivity index (χ3n) is 5.92. The molecule has 1 saturated heterocycles. The zero-order valence-electron chi connectivity index (χ0n) is 17.1. The van der Waals surface area contributed by atoms with E-state index in [4.69, 9.17) is 0 Å². The van der Waals surface area contributed by atoms with Gasteiger partial charge in [-0.3, -0.25) is 9.48 Å². The van der Waals surface area contributed by atoms with Crippen LogP contribution in [-0.2, 0) is 27.8 Å². The van der Waals surface area contributed by atoms with Gasteiger partial charge in [-0.1, -0.05) is 24.6 Å². The Balaban J connectivity index is 1.60. The van der Waals surface area contributed by atoms with E-state index in [1.807, 2.05) is 18.2 Å². The minimum absolute atomic E-state index is 0.0382. The lowest BCUT2D eigenvalue weighted by atomic mass is 10.0. The van der Waals surface area contributed by atoms with Crippen LogP contribution < -0.4 is 4.90 Å².